The molecule has 3 aromatic rings. The Balaban J connectivity index is 2.16. The van der Waals surface area contributed by atoms with E-state index in [4.69, 9.17) is 16.7 Å². The molecule has 0 aliphatic heterocycles. The number of nitrogens with zero attached hydrogens (tertiary/aromatic N) is 1. The van der Waals surface area contributed by atoms with Gasteiger partial charge in [0, 0.05) is 5.56 Å². The lowest BCUT2D eigenvalue weighted by Crippen LogP contribution is -1.95. The summed E-state index contributed by atoms with van der Waals surface area (Å²) in [6, 6.07) is 12.3. The van der Waals surface area contributed by atoms with Gasteiger partial charge in [-0.25, -0.2) is 9.78 Å². The second-order valence-corrected chi connectivity index (χ2v) is 5.40. The Morgan fingerprint density at radius 1 is 1.21 bits per heavy atom. The fourth-order valence-electron chi connectivity index (χ4n) is 1.82. The molecule has 0 amide bonds. The van der Waals surface area contributed by atoms with E-state index in [-0.39, 0.29) is 5.56 Å². The predicted molar refractivity (Wildman–Crippen MR) is 77.0 cm³/mol. The zero-order chi connectivity index (χ0) is 13.4. The van der Waals surface area contributed by atoms with Crippen molar-refractivity contribution in [1.82, 2.24) is 4.98 Å². The first-order valence-electron chi connectivity index (χ1n) is 5.54. The van der Waals surface area contributed by atoms with Crippen molar-refractivity contribution in [3.05, 3.63) is 53.1 Å². The van der Waals surface area contributed by atoms with Crippen molar-refractivity contribution in [2.24, 2.45) is 0 Å². The number of aromatic nitrogens is 1. The first-order chi connectivity index (χ1) is 9.15. The largest absolute Gasteiger partial charge is 0.478 e. The smallest absolute Gasteiger partial charge is 0.335 e. The van der Waals surface area contributed by atoms with Crippen molar-refractivity contribution in [3.8, 4) is 10.6 Å². The molecule has 0 radical (unpaired) electrons. The molecule has 1 aromatic heterocycles. The molecule has 0 fully saturated rings. The molecule has 1 N–H and O–H groups in total. The SMILES string of the molecule is O=C(O)c1cccc(-c2nc3cccc(Cl)c3s2)c1. The van der Waals surface area contributed by atoms with Gasteiger partial charge in [-0.05, 0) is 24.3 Å². The van der Waals surface area contributed by atoms with Crippen LogP contribution in [-0.2, 0) is 0 Å². The summed E-state index contributed by atoms with van der Waals surface area (Å²) in [7, 11) is 0. The van der Waals surface area contributed by atoms with Gasteiger partial charge in [-0.15, -0.1) is 11.3 Å². The summed E-state index contributed by atoms with van der Waals surface area (Å²) in [5.74, 6) is -0.944. The number of halogens is 1. The maximum Gasteiger partial charge on any atom is 0.335 e. The first kappa shape index (κ1) is 12.1. The molecule has 94 valence electrons. The number of rotatable bonds is 2. The van der Waals surface area contributed by atoms with Gasteiger partial charge in [0.05, 0.1) is 20.8 Å². The number of carbonyl (C=O) groups is 1. The molecule has 3 nitrogen and oxygen atoms in total. The Labute approximate surface area is 118 Å². The molecule has 3 rings (SSSR count). The summed E-state index contributed by atoms with van der Waals surface area (Å²) < 4.78 is 0.917. The molecule has 2 aromatic carbocycles. The second-order valence-electron chi connectivity index (χ2n) is 3.99. The topological polar surface area (TPSA) is 50.2 Å². The lowest BCUT2D eigenvalue weighted by molar-refractivity contribution is 0.0697. The Bertz CT molecular complexity index is 782. The minimum atomic E-state index is -0.944. The van der Waals surface area contributed by atoms with Crippen LogP contribution in [0.4, 0.5) is 0 Å². The van der Waals surface area contributed by atoms with Crippen LogP contribution in [0.5, 0.6) is 0 Å². The van der Waals surface area contributed by atoms with E-state index in [1.807, 2.05) is 24.3 Å². The van der Waals surface area contributed by atoms with Crippen molar-refractivity contribution in [2.75, 3.05) is 0 Å². The van der Waals surface area contributed by atoms with Crippen molar-refractivity contribution in [2.45, 2.75) is 0 Å². The molecule has 0 unspecified atom stereocenters. The molecular weight excluding hydrogens is 282 g/mol. The summed E-state index contributed by atoms with van der Waals surface area (Å²) in [5.41, 5.74) is 1.87. The summed E-state index contributed by atoms with van der Waals surface area (Å²) >= 11 is 7.58. The van der Waals surface area contributed by atoms with E-state index in [0.717, 1.165) is 20.8 Å². The Morgan fingerprint density at radius 3 is 2.74 bits per heavy atom. The molecular formula is C14H8ClNO2S. The van der Waals surface area contributed by atoms with E-state index >= 15 is 0 Å². The first-order valence-corrected chi connectivity index (χ1v) is 6.73. The van der Waals surface area contributed by atoms with Gasteiger partial charge in [0.15, 0.2) is 0 Å². The van der Waals surface area contributed by atoms with E-state index in [9.17, 15) is 4.79 Å². The molecule has 0 atom stereocenters. The summed E-state index contributed by atoms with van der Waals surface area (Å²) in [5, 5.41) is 10.4. The van der Waals surface area contributed by atoms with E-state index in [1.54, 1.807) is 18.2 Å². The van der Waals surface area contributed by atoms with Crippen LogP contribution < -0.4 is 0 Å². The Hall–Kier alpha value is -1.91. The fraction of sp³-hybridized carbons (Fsp3) is 0. The van der Waals surface area contributed by atoms with E-state index in [0.29, 0.717) is 5.02 Å². The van der Waals surface area contributed by atoms with Crippen LogP contribution in [0.1, 0.15) is 10.4 Å². The number of hydrogen-bond donors (Lipinski definition) is 1. The highest BCUT2D eigenvalue weighted by Gasteiger charge is 2.10. The van der Waals surface area contributed by atoms with Crippen molar-refractivity contribution >= 4 is 39.1 Å². The fourth-order valence-corrected chi connectivity index (χ4v) is 3.08. The monoisotopic (exact) mass is 289 g/mol. The van der Waals surface area contributed by atoms with Crippen molar-refractivity contribution in [3.63, 3.8) is 0 Å². The van der Waals surface area contributed by atoms with Gasteiger partial charge >= 0.3 is 5.97 Å². The quantitative estimate of drug-likeness (QED) is 0.764. The van der Waals surface area contributed by atoms with Gasteiger partial charge in [-0.1, -0.05) is 29.8 Å². The van der Waals surface area contributed by atoms with Crippen LogP contribution in [0.2, 0.25) is 5.02 Å². The number of hydrogen-bond acceptors (Lipinski definition) is 3. The van der Waals surface area contributed by atoms with Gasteiger partial charge in [0.1, 0.15) is 5.01 Å². The van der Waals surface area contributed by atoms with Gasteiger partial charge < -0.3 is 5.11 Å². The molecule has 1 heterocycles. The number of aromatic carboxylic acids is 1. The molecule has 0 aliphatic carbocycles. The van der Waals surface area contributed by atoms with Crippen molar-refractivity contribution < 1.29 is 9.90 Å². The van der Waals surface area contributed by atoms with E-state index in [2.05, 4.69) is 4.98 Å². The highest BCUT2D eigenvalue weighted by atomic mass is 35.5. The third-order valence-electron chi connectivity index (χ3n) is 2.72. The van der Waals surface area contributed by atoms with Gasteiger partial charge in [-0.3, -0.25) is 0 Å². The van der Waals surface area contributed by atoms with Gasteiger partial charge in [-0.2, -0.15) is 0 Å². The summed E-state index contributed by atoms with van der Waals surface area (Å²) in [6.07, 6.45) is 0. The molecule has 0 spiro atoms. The van der Waals surface area contributed by atoms with E-state index in [1.165, 1.54) is 11.3 Å². The minimum Gasteiger partial charge on any atom is -0.478 e. The zero-order valence-corrected chi connectivity index (χ0v) is 11.2. The molecule has 0 saturated heterocycles. The molecule has 19 heavy (non-hydrogen) atoms. The Morgan fingerprint density at radius 2 is 2.00 bits per heavy atom. The summed E-state index contributed by atoms with van der Waals surface area (Å²) in [6.45, 7) is 0. The lowest BCUT2D eigenvalue weighted by atomic mass is 10.1. The third kappa shape index (κ3) is 2.20. The van der Waals surface area contributed by atoms with Gasteiger partial charge in [0.25, 0.3) is 0 Å². The average molecular weight is 290 g/mol. The molecule has 0 bridgehead atoms. The minimum absolute atomic E-state index is 0.253. The number of fused-ring (bicyclic) bond motifs is 1. The second kappa shape index (κ2) is 4.64. The Kier molecular flexibility index (Phi) is 2.97. The van der Waals surface area contributed by atoms with Crippen LogP contribution in [0.25, 0.3) is 20.8 Å². The zero-order valence-electron chi connectivity index (χ0n) is 9.63. The third-order valence-corrected chi connectivity index (χ3v) is 4.30. The number of thiazole rings is 1. The maximum atomic E-state index is 11.0. The van der Waals surface area contributed by atoms with Crippen LogP contribution in [-0.4, -0.2) is 16.1 Å². The lowest BCUT2D eigenvalue weighted by Gasteiger charge is -1.97. The molecule has 5 heteroatoms. The normalized spacial score (nSPS) is 10.8. The van der Waals surface area contributed by atoms with Crippen LogP contribution in [0, 0.1) is 0 Å². The number of carboxylic acids is 1. The molecule has 0 saturated carbocycles. The maximum absolute atomic E-state index is 11.0. The predicted octanol–water partition coefficient (Wildman–Crippen LogP) is 4.31. The highest BCUT2D eigenvalue weighted by molar-refractivity contribution is 7.22. The molecule has 0 aliphatic rings. The average Bonchev–Trinajstić information content (AvgIpc) is 2.84. The summed E-state index contributed by atoms with van der Waals surface area (Å²) in [4.78, 5) is 15.5. The highest BCUT2D eigenvalue weighted by Crippen LogP contribution is 2.34. The number of benzene rings is 2. The van der Waals surface area contributed by atoms with Crippen molar-refractivity contribution in [1.29, 1.82) is 0 Å². The van der Waals surface area contributed by atoms with Crippen LogP contribution in [0.15, 0.2) is 42.5 Å². The van der Waals surface area contributed by atoms with Crippen LogP contribution in [0.3, 0.4) is 0 Å². The number of carboxylic acid groups (broad SMARTS) is 1. The standard InChI is InChI=1S/C14H8ClNO2S/c15-10-5-2-6-11-12(10)19-13(16-11)8-3-1-4-9(7-8)14(17)18/h1-7H,(H,17,18). The van der Waals surface area contributed by atoms with Gasteiger partial charge in [0.2, 0.25) is 0 Å². The van der Waals surface area contributed by atoms with E-state index < -0.39 is 5.97 Å². The van der Waals surface area contributed by atoms with Crippen LogP contribution >= 0.6 is 22.9 Å².